The van der Waals surface area contributed by atoms with Crippen LogP contribution in [-0.4, -0.2) is 22.9 Å². The Morgan fingerprint density at radius 2 is 2.00 bits per heavy atom. The second-order valence-electron chi connectivity index (χ2n) is 4.82. The van der Waals surface area contributed by atoms with E-state index in [4.69, 9.17) is 16.3 Å². The third-order valence-electron chi connectivity index (χ3n) is 3.43. The summed E-state index contributed by atoms with van der Waals surface area (Å²) in [6.45, 7) is 5.54. The van der Waals surface area contributed by atoms with Crippen LogP contribution in [0.5, 0.6) is 0 Å². The summed E-state index contributed by atoms with van der Waals surface area (Å²) in [6.07, 6.45) is 1.57. The molecule has 0 saturated carbocycles. The summed E-state index contributed by atoms with van der Waals surface area (Å²) in [4.78, 5) is 0. The molecule has 0 aliphatic rings. The van der Waals surface area contributed by atoms with Crippen LogP contribution >= 0.6 is 11.6 Å². The van der Waals surface area contributed by atoms with Crippen molar-refractivity contribution in [2.24, 2.45) is 7.05 Å². The first kappa shape index (κ1) is 16.0. The van der Waals surface area contributed by atoms with Crippen molar-refractivity contribution >= 4 is 11.6 Å². The lowest BCUT2D eigenvalue weighted by atomic mass is 9.99. The summed E-state index contributed by atoms with van der Waals surface area (Å²) in [7, 11) is 1.90. The summed E-state index contributed by atoms with van der Waals surface area (Å²) in [5, 5.41) is 8.38. The molecule has 0 bridgehead atoms. The number of benzene rings is 1. The van der Waals surface area contributed by atoms with Crippen LogP contribution in [0.25, 0.3) is 0 Å². The van der Waals surface area contributed by atoms with Crippen LogP contribution in [0.4, 0.5) is 0 Å². The van der Waals surface area contributed by atoms with Crippen molar-refractivity contribution in [1.82, 2.24) is 15.1 Å². The molecule has 5 heteroatoms. The summed E-state index contributed by atoms with van der Waals surface area (Å²) >= 11 is 6.33. The predicted octanol–water partition coefficient (Wildman–Crippen LogP) is 3.50. The first-order valence-electron chi connectivity index (χ1n) is 7.26. The maximum absolute atomic E-state index is 6.33. The van der Waals surface area contributed by atoms with Gasteiger partial charge < -0.3 is 10.1 Å². The molecule has 2 rings (SSSR count). The lowest BCUT2D eigenvalue weighted by molar-refractivity contribution is 0.0310. The van der Waals surface area contributed by atoms with E-state index in [-0.39, 0.29) is 12.1 Å². The zero-order valence-electron chi connectivity index (χ0n) is 12.7. The van der Waals surface area contributed by atoms with E-state index in [9.17, 15) is 0 Å². The summed E-state index contributed by atoms with van der Waals surface area (Å²) < 4.78 is 7.82. The van der Waals surface area contributed by atoms with Crippen molar-refractivity contribution in [1.29, 1.82) is 0 Å². The highest BCUT2D eigenvalue weighted by atomic mass is 35.5. The second kappa shape index (κ2) is 7.59. The number of nitrogens with zero attached hydrogens (tertiary/aromatic N) is 2. The Kier molecular flexibility index (Phi) is 5.79. The van der Waals surface area contributed by atoms with Gasteiger partial charge in [-0.3, -0.25) is 4.68 Å². The van der Waals surface area contributed by atoms with E-state index in [0.29, 0.717) is 11.6 Å². The minimum Gasteiger partial charge on any atom is -0.372 e. The summed E-state index contributed by atoms with van der Waals surface area (Å²) in [6, 6.07) is 10.2. The first-order valence-corrected chi connectivity index (χ1v) is 7.64. The van der Waals surface area contributed by atoms with Gasteiger partial charge in [-0.25, -0.2) is 0 Å². The summed E-state index contributed by atoms with van der Waals surface area (Å²) in [5.74, 6) is 0. The number of nitrogens with one attached hydrogen (secondary N) is 1. The highest BCUT2D eigenvalue weighted by molar-refractivity contribution is 6.31. The van der Waals surface area contributed by atoms with Crippen LogP contribution in [-0.2, 0) is 11.8 Å². The molecule has 21 heavy (non-hydrogen) atoms. The Balaban J connectivity index is 2.42. The van der Waals surface area contributed by atoms with Crippen molar-refractivity contribution in [3.8, 4) is 0 Å². The number of ether oxygens (including phenoxy) is 1. The monoisotopic (exact) mass is 307 g/mol. The minimum atomic E-state index is -0.107. The van der Waals surface area contributed by atoms with Crippen molar-refractivity contribution in [2.75, 3.05) is 13.2 Å². The lowest BCUT2D eigenvalue weighted by Gasteiger charge is -2.28. The van der Waals surface area contributed by atoms with Crippen LogP contribution < -0.4 is 5.32 Å². The maximum atomic E-state index is 6.33. The number of aryl methyl sites for hydroxylation is 1. The Bertz CT molecular complexity index is 536. The highest BCUT2D eigenvalue weighted by Gasteiger charge is 2.29. The van der Waals surface area contributed by atoms with Gasteiger partial charge in [-0.1, -0.05) is 48.9 Å². The van der Waals surface area contributed by atoms with Crippen molar-refractivity contribution in [2.45, 2.75) is 26.0 Å². The predicted molar refractivity (Wildman–Crippen MR) is 85.4 cm³/mol. The van der Waals surface area contributed by atoms with Gasteiger partial charge in [-0.15, -0.1) is 0 Å². The molecule has 0 aliphatic carbocycles. The Hall–Kier alpha value is -1.36. The van der Waals surface area contributed by atoms with Crippen molar-refractivity contribution < 1.29 is 4.74 Å². The van der Waals surface area contributed by atoms with Crippen LogP contribution in [0.15, 0.2) is 36.5 Å². The van der Waals surface area contributed by atoms with Crippen LogP contribution in [0.3, 0.4) is 0 Å². The minimum absolute atomic E-state index is 0.0441. The Morgan fingerprint density at radius 3 is 2.52 bits per heavy atom. The van der Waals surface area contributed by atoms with Gasteiger partial charge >= 0.3 is 0 Å². The van der Waals surface area contributed by atoms with Crippen LogP contribution in [0.1, 0.15) is 37.3 Å². The van der Waals surface area contributed by atoms with E-state index in [1.807, 2.05) is 36.9 Å². The number of rotatable bonds is 7. The zero-order valence-corrected chi connectivity index (χ0v) is 13.5. The van der Waals surface area contributed by atoms with E-state index in [0.717, 1.165) is 17.8 Å². The lowest BCUT2D eigenvalue weighted by Crippen LogP contribution is -2.30. The van der Waals surface area contributed by atoms with E-state index in [2.05, 4.69) is 29.5 Å². The van der Waals surface area contributed by atoms with Crippen molar-refractivity contribution in [3.63, 3.8) is 0 Å². The molecule has 4 nitrogen and oxygen atoms in total. The standard InChI is InChI=1S/C16H22ClN3O/c1-4-18-14(15-13(17)11-19-20(15)3)16(21-5-2)12-9-7-6-8-10-12/h6-11,14,16,18H,4-5H2,1-3H3. The fourth-order valence-electron chi connectivity index (χ4n) is 2.54. The van der Waals surface area contributed by atoms with E-state index >= 15 is 0 Å². The van der Waals surface area contributed by atoms with Crippen LogP contribution in [0.2, 0.25) is 5.02 Å². The molecule has 2 atom stereocenters. The molecular formula is C16H22ClN3O. The van der Waals surface area contributed by atoms with Gasteiger partial charge in [0.25, 0.3) is 0 Å². The van der Waals surface area contributed by atoms with Gasteiger partial charge in [0, 0.05) is 13.7 Å². The first-order chi connectivity index (χ1) is 10.2. The van der Waals surface area contributed by atoms with Gasteiger partial charge in [0.2, 0.25) is 0 Å². The second-order valence-corrected chi connectivity index (χ2v) is 5.23. The number of aromatic nitrogens is 2. The fraction of sp³-hybridized carbons (Fsp3) is 0.438. The average Bonchev–Trinajstić information content (AvgIpc) is 2.83. The Morgan fingerprint density at radius 1 is 1.29 bits per heavy atom. The molecule has 114 valence electrons. The molecule has 2 unspecified atom stereocenters. The SMILES string of the molecule is CCNC(c1c(Cl)cnn1C)C(OCC)c1ccccc1. The third kappa shape index (κ3) is 3.64. The Labute approximate surface area is 131 Å². The molecule has 1 N–H and O–H groups in total. The molecule has 0 saturated heterocycles. The quantitative estimate of drug-likeness (QED) is 0.851. The molecule has 0 aliphatic heterocycles. The molecule has 1 aromatic carbocycles. The number of hydrogen-bond donors (Lipinski definition) is 1. The molecule has 1 heterocycles. The smallest absolute Gasteiger partial charge is 0.103 e. The van der Waals surface area contributed by atoms with Gasteiger partial charge in [-0.2, -0.15) is 5.10 Å². The van der Waals surface area contributed by atoms with Gasteiger partial charge in [0.1, 0.15) is 6.10 Å². The average molecular weight is 308 g/mol. The highest BCUT2D eigenvalue weighted by Crippen LogP contribution is 2.35. The third-order valence-corrected chi connectivity index (χ3v) is 3.72. The fourth-order valence-corrected chi connectivity index (χ4v) is 2.83. The molecule has 2 aromatic rings. The molecule has 1 aromatic heterocycles. The van der Waals surface area contributed by atoms with Gasteiger partial charge in [0.15, 0.2) is 0 Å². The van der Waals surface area contributed by atoms with Gasteiger partial charge in [0.05, 0.1) is 23.0 Å². The zero-order chi connectivity index (χ0) is 15.2. The number of halogens is 1. The number of likely N-dealkylation sites (N-methyl/N-ethyl adjacent to an activating group) is 1. The van der Waals surface area contributed by atoms with Crippen LogP contribution in [0, 0.1) is 0 Å². The topological polar surface area (TPSA) is 39.1 Å². The van der Waals surface area contributed by atoms with E-state index in [1.165, 1.54) is 0 Å². The van der Waals surface area contributed by atoms with Crippen molar-refractivity contribution in [3.05, 3.63) is 52.8 Å². The maximum Gasteiger partial charge on any atom is 0.103 e. The molecule has 0 spiro atoms. The molecule has 0 fully saturated rings. The number of hydrogen-bond acceptors (Lipinski definition) is 3. The normalized spacial score (nSPS) is 14.1. The summed E-state index contributed by atoms with van der Waals surface area (Å²) in [5.41, 5.74) is 2.07. The molecular weight excluding hydrogens is 286 g/mol. The largest absolute Gasteiger partial charge is 0.372 e. The van der Waals surface area contributed by atoms with Gasteiger partial charge in [-0.05, 0) is 19.0 Å². The molecule has 0 radical (unpaired) electrons. The van der Waals surface area contributed by atoms with E-state index in [1.54, 1.807) is 6.20 Å². The van der Waals surface area contributed by atoms with E-state index < -0.39 is 0 Å². The molecule has 0 amide bonds.